The lowest BCUT2D eigenvalue weighted by atomic mass is 10.2. The second-order valence-corrected chi connectivity index (χ2v) is 7.21. The molecule has 23 heavy (non-hydrogen) atoms. The molecule has 0 aliphatic rings. The van der Waals surface area contributed by atoms with Crippen molar-refractivity contribution in [2.24, 2.45) is 0 Å². The van der Waals surface area contributed by atoms with Crippen LogP contribution in [0.5, 0.6) is 0 Å². The average molecular weight is 377 g/mol. The van der Waals surface area contributed by atoms with Crippen molar-refractivity contribution in [2.75, 3.05) is 16.3 Å². The van der Waals surface area contributed by atoms with Crippen LogP contribution in [0.25, 0.3) is 0 Å². The van der Waals surface area contributed by atoms with Gasteiger partial charge in [0.25, 0.3) is 5.91 Å². The predicted molar refractivity (Wildman–Crippen MR) is 89.3 cm³/mol. The number of hydrogen-bond donors (Lipinski definition) is 2. The fourth-order valence-corrected chi connectivity index (χ4v) is 2.69. The van der Waals surface area contributed by atoms with Crippen LogP contribution >= 0.6 is 23.2 Å². The van der Waals surface area contributed by atoms with E-state index in [-0.39, 0.29) is 27.0 Å². The first-order valence-corrected chi connectivity index (χ1v) is 8.84. The van der Waals surface area contributed by atoms with Gasteiger partial charge in [-0.1, -0.05) is 23.2 Å². The summed E-state index contributed by atoms with van der Waals surface area (Å²) in [6.07, 6.45) is 0.988. The fraction of sp³-hybridized carbons (Fsp3) is 0.0714. The van der Waals surface area contributed by atoms with Gasteiger partial charge in [-0.25, -0.2) is 12.8 Å². The first-order valence-electron chi connectivity index (χ1n) is 6.19. The van der Waals surface area contributed by atoms with E-state index in [0.29, 0.717) is 0 Å². The molecule has 5 nitrogen and oxygen atoms in total. The van der Waals surface area contributed by atoms with E-state index in [1.807, 2.05) is 0 Å². The molecule has 0 heterocycles. The molecule has 0 saturated carbocycles. The predicted octanol–water partition coefficient (Wildman–Crippen LogP) is 3.76. The Bertz CT molecular complexity index is 872. The van der Waals surface area contributed by atoms with Gasteiger partial charge in [0.2, 0.25) is 10.0 Å². The lowest BCUT2D eigenvalue weighted by Crippen LogP contribution is -2.14. The SMILES string of the molecule is CS(=O)(=O)Nc1ccc(Cl)c(C(=O)Nc2ccc(F)c(Cl)c2)c1. The van der Waals surface area contributed by atoms with Crippen molar-refractivity contribution in [2.45, 2.75) is 0 Å². The van der Waals surface area contributed by atoms with E-state index in [9.17, 15) is 17.6 Å². The third-order valence-corrected chi connectivity index (χ3v) is 3.92. The molecular formula is C14H11Cl2FN2O3S. The highest BCUT2D eigenvalue weighted by Crippen LogP contribution is 2.24. The molecule has 0 saturated heterocycles. The number of rotatable bonds is 4. The van der Waals surface area contributed by atoms with E-state index >= 15 is 0 Å². The van der Waals surface area contributed by atoms with Gasteiger partial charge in [0, 0.05) is 11.4 Å². The number of hydrogen-bond acceptors (Lipinski definition) is 3. The minimum absolute atomic E-state index is 0.0563. The number of amides is 1. The molecule has 0 aliphatic carbocycles. The van der Waals surface area contributed by atoms with Crippen LogP contribution in [0.3, 0.4) is 0 Å². The first-order chi connectivity index (χ1) is 10.7. The Morgan fingerprint density at radius 3 is 2.30 bits per heavy atom. The molecule has 0 unspecified atom stereocenters. The lowest BCUT2D eigenvalue weighted by Gasteiger charge is -2.10. The van der Waals surface area contributed by atoms with Gasteiger partial charge in [0.05, 0.1) is 21.9 Å². The Hall–Kier alpha value is -1.83. The summed E-state index contributed by atoms with van der Waals surface area (Å²) in [5.74, 6) is -1.20. The van der Waals surface area contributed by atoms with Crippen molar-refractivity contribution in [1.82, 2.24) is 0 Å². The Labute approximate surface area is 142 Å². The Kier molecular flexibility index (Phi) is 5.13. The van der Waals surface area contributed by atoms with Crippen molar-refractivity contribution < 1.29 is 17.6 Å². The minimum Gasteiger partial charge on any atom is -0.322 e. The number of sulfonamides is 1. The number of carbonyl (C=O) groups is 1. The smallest absolute Gasteiger partial charge is 0.257 e. The van der Waals surface area contributed by atoms with Crippen LogP contribution in [0, 0.1) is 5.82 Å². The highest BCUT2D eigenvalue weighted by Gasteiger charge is 2.14. The first kappa shape index (κ1) is 17.5. The lowest BCUT2D eigenvalue weighted by molar-refractivity contribution is 0.102. The molecule has 122 valence electrons. The van der Waals surface area contributed by atoms with Crippen molar-refractivity contribution in [3.63, 3.8) is 0 Å². The molecule has 0 aliphatic heterocycles. The van der Waals surface area contributed by atoms with Crippen LogP contribution < -0.4 is 10.0 Å². The van der Waals surface area contributed by atoms with Gasteiger partial charge in [0.1, 0.15) is 5.82 Å². The molecule has 0 radical (unpaired) electrons. The van der Waals surface area contributed by atoms with E-state index in [4.69, 9.17) is 23.2 Å². The average Bonchev–Trinajstić information content (AvgIpc) is 2.43. The van der Waals surface area contributed by atoms with Gasteiger partial charge < -0.3 is 5.32 Å². The van der Waals surface area contributed by atoms with Crippen LogP contribution in [-0.4, -0.2) is 20.6 Å². The third kappa shape index (κ3) is 4.82. The van der Waals surface area contributed by atoms with Gasteiger partial charge >= 0.3 is 0 Å². The maximum atomic E-state index is 13.1. The summed E-state index contributed by atoms with van der Waals surface area (Å²) in [5.41, 5.74) is 0.527. The highest BCUT2D eigenvalue weighted by molar-refractivity contribution is 7.92. The number of halogens is 3. The fourth-order valence-electron chi connectivity index (χ4n) is 1.75. The van der Waals surface area contributed by atoms with Crippen molar-refractivity contribution in [1.29, 1.82) is 0 Å². The van der Waals surface area contributed by atoms with Crippen LogP contribution in [0.2, 0.25) is 10.0 Å². The maximum absolute atomic E-state index is 13.1. The standard InChI is InChI=1S/C14H11Cl2FN2O3S/c1-23(21,22)19-9-2-4-11(15)10(6-9)14(20)18-8-3-5-13(17)12(16)7-8/h2-7,19H,1H3,(H,18,20). The summed E-state index contributed by atoms with van der Waals surface area (Å²) in [7, 11) is -3.49. The van der Waals surface area contributed by atoms with E-state index in [0.717, 1.165) is 12.3 Å². The topological polar surface area (TPSA) is 75.3 Å². The van der Waals surface area contributed by atoms with Gasteiger partial charge in [-0.3, -0.25) is 9.52 Å². The third-order valence-electron chi connectivity index (χ3n) is 2.69. The Morgan fingerprint density at radius 2 is 1.70 bits per heavy atom. The molecule has 9 heteroatoms. The number of carbonyl (C=O) groups excluding carboxylic acids is 1. The molecule has 0 atom stereocenters. The van der Waals surface area contributed by atoms with E-state index in [1.165, 1.54) is 30.3 Å². The van der Waals surface area contributed by atoms with Gasteiger partial charge in [-0.15, -0.1) is 0 Å². The number of anilines is 2. The van der Waals surface area contributed by atoms with Crippen LogP contribution in [-0.2, 0) is 10.0 Å². The van der Waals surface area contributed by atoms with E-state index in [1.54, 1.807) is 0 Å². The van der Waals surface area contributed by atoms with Crippen LogP contribution in [0.15, 0.2) is 36.4 Å². The zero-order valence-corrected chi connectivity index (χ0v) is 14.1. The summed E-state index contributed by atoms with van der Waals surface area (Å²) in [6.45, 7) is 0. The van der Waals surface area contributed by atoms with Crippen LogP contribution in [0.1, 0.15) is 10.4 Å². The number of benzene rings is 2. The molecule has 0 aromatic heterocycles. The van der Waals surface area contributed by atoms with Gasteiger partial charge in [0.15, 0.2) is 0 Å². The van der Waals surface area contributed by atoms with Crippen molar-refractivity contribution in [3.8, 4) is 0 Å². The summed E-state index contributed by atoms with van der Waals surface area (Å²) >= 11 is 11.6. The Morgan fingerprint density at radius 1 is 1.04 bits per heavy atom. The second kappa shape index (κ2) is 6.74. The molecule has 2 rings (SSSR count). The summed E-state index contributed by atoms with van der Waals surface area (Å²) < 4.78 is 37.8. The monoisotopic (exact) mass is 376 g/mol. The summed E-state index contributed by atoms with van der Waals surface area (Å²) in [5, 5.41) is 2.50. The number of nitrogens with one attached hydrogen (secondary N) is 2. The van der Waals surface area contributed by atoms with E-state index in [2.05, 4.69) is 10.0 Å². The molecular weight excluding hydrogens is 366 g/mol. The molecule has 0 spiro atoms. The molecule has 0 bridgehead atoms. The van der Waals surface area contributed by atoms with Crippen molar-refractivity contribution >= 4 is 50.5 Å². The second-order valence-electron chi connectivity index (χ2n) is 4.65. The molecule has 2 N–H and O–H groups in total. The zero-order valence-electron chi connectivity index (χ0n) is 11.7. The molecule has 2 aromatic carbocycles. The molecule has 2 aromatic rings. The quantitative estimate of drug-likeness (QED) is 0.852. The zero-order chi connectivity index (χ0) is 17.2. The highest BCUT2D eigenvalue weighted by atomic mass is 35.5. The van der Waals surface area contributed by atoms with Crippen molar-refractivity contribution in [3.05, 3.63) is 57.8 Å². The van der Waals surface area contributed by atoms with Crippen LogP contribution in [0.4, 0.5) is 15.8 Å². The summed E-state index contributed by atoms with van der Waals surface area (Å²) in [6, 6.07) is 7.81. The van der Waals surface area contributed by atoms with Gasteiger partial charge in [-0.2, -0.15) is 0 Å². The Balaban J connectivity index is 2.27. The van der Waals surface area contributed by atoms with Gasteiger partial charge in [-0.05, 0) is 36.4 Å². The normalized spacial score (nSPS) is 11.1. The molecule has 0 fully saturated rings. The summed E-state index contributed by atoms with van der Waals surface area (Å²) in [4.78, 5) is 12.2. The minimum atomic E-state index is -3.49. The largest absolute Gasteiger partial charge is 0.322 e. The molecule has 1 amide bonds. The maximum Gasteiger partial charge on any atom is 0.257 e. The van der Waals surface area contributed by atoms with E-state index < -0.39 is 21.7 Å².